The van der Waals surface area contributed by atoms with Crippen LogP contribution in [-0.2, 0) is 13.0 Å². The van der Waals surface area contributed by atoms with Crippen LogP contribution >= 0.6 is 0 Å². The highest BCUT2D eigenvalue weighted by atomic mass is 16.3. The number of nitrogens with two attached hydrogens (primary N) is 1. The number of hydrogen-bond donors (Lipinski definition) is 2. The lowest BCUT2D eigenvalue weighted by Crippen LogP contribution is -2.04. The number of aromatic hydroxyl groups is 1. The third-order valence-corrected chi connectivity index (χ3v) is 3.28. The molecule has 0 bridgehead atoms. The third-order valence-electron chi connectivity index (χ3n) is 3.28. The van der Waals surface area contributed by atoms with E-state index in [1.165, 1.54) is 0 Å². The predicted octanol–water partition coefficient (Wildman–Crippen LogP) is 1.43. The van der Waals surface area contributed by atoms with Gasteiger partial charge in [-0.3, -0.25) is 9.55 Å². The number of imidazole rings is 1. The summed E-state index contributed by atoms with van der Waals surface area (Å²) in [6, 6.07) is 3.76. The minimum atomic E-state index is -0.125. The first-order valence-corrected chi connectivity index (χ1v) is 6.71. The van der Waals surface area contributed by atoms with Crippen LogP contribution in [0.4, 0.5) is 5.82 Å². The number of pyridine rings is 1. The topological polar surface area (TPSA) is 103 Å². The summed E-state index contributed by atoms with van der Waals surface area (Å²) in [5.74, 6) is 0.913. The fourth-order valence-electron chi connectivity index (χ4n) is 2.14. The van der Waals surface area contributed by atoms with Crippen LogP contribution < -0.4 is 5.73 Å². The van der Waals surface area contributed by atoms with Gasteiger partial charge in [-0.2, -0.15) is 4.98 Å². The Morgan fingerprint density at radius 2 is 2.05 bits per heavy atom. The molecule has 7 nitrogen and oxygen atoms in total. The second-order valence-electron chi connectivity index (χ2n) is 4.86. The summed E-state index contributed by atoms with van der Waals surface area (Å²) in [4.78, 5) is 16.9. The molecular weight excluding hydrogens is 268 g/mol. The number of hydrogen-bond acceptors (Lipinski definition) is 6. The van der Waals surface area contributed by atoms with Gasteiger partial charge in [0, 0.05) is 18.3 Å². The highest BCUT2D eigenvalue weighted by molar-refractivity contribution is 5.82. The molecule has 0 radical (unpaired) electrons. The molecule has 7 heteroatoms. The lowest BCUT2D eigenvalue weighted by molar-refractivity contribution is 0.408. The number of nitrogens with zero attached hydrogens (tertiary/aromatic N) is 5. The molecule has 0 spiro atoms. The molecule has 0 aliphatic rings. The van der Waals surface area contributed by atoms with E-state index in [0.717, 1.165) is 11.3 Å². The summed E-state index contributed by atoms with van der Waals surface area (Å²) in [7, 11) is 0. The van der Waals surface area contributed by atoms with Crippen LogP contribution in [0.2, 0.25) is 0 Å². The Labute approximate surface area is 121 Å². The smallest absolute Gasteiger partial charge is 0.296 e. The average molecular weight is 284 g/mol. The van der Waals surface area contributed by atoms with E-state index in [9.17, 15) is 5.11 Å². The summed E-state index contributed by atoms with van der Waals surface area (Å²) in [6.45, 7) is 4.30. The Morgan fingerprint density at radius 1 is 1.24 bits per heavy atom. The van der Waals surface area contributed by atoms with Crippen LogP contribution in [-0.4, -0.2) is 29.6 Å². The van der Waals surface area contributed by atoms with Crippen LogP contribution in [0.15, 0.2) is 18.3 Å². The van der Waals surface area contributed by atoms with Crippen LogP contribution in [0.5, 0.6) is 6.01 Å². The highest BCUT2D eigenvalue weighted by Gasteiger charge is 2.16. The minimum Gasteiger partial charge on any atom is -0.480 e. The van der Waals surface area contributed by atoms with Crippen molar-refractivity contribution < 1.29 is 5.11 Å². The van der Waals surface area contributed by atoms with Gasteiger partial charge in [-0.15, -0.1) is 0 Å². The van der Waals surface area contributed by atoms with E-state index in [4.69, 9.17) is 5.73 Å². The van der Waals surface area contributed by atoms with Crippen LogP contribution in [0.3, 0.4) is 0 Å². The molecule has 0 atom stereocenters. The van der Waals surface area contributed by atoms with Gasteiger partial charge in [-0.1, -0.05) is 13.0 Å². The summed E-state index contributed by atoms with van der Waals surface area (Å²) in [6.07, 6.45) is 2.43. The molecular formula is C14H16N6O. The van der Waals surface area contributed by atoms with E-state index in [2.05, 4.69) is 19.9 Å². The molecule has 0 aliphatic carbocycles. The zero-order valence-corrected chi connectivity index (χ0v) is 11.9. The van der Waals surface area contributed by atoms with Gasteiger partial charge in [0.15, 0.2) is 17.0 Å². The molecule has 3 aromatic heterocycles. The molecule has 3 N–H and O–H groups in total. The van der Waals surface area contributed by atoms with Gasteiger partial charge in [0.05, 0.1) is 6.54 Å². The lowest BCUT2D eigenvalue weighted by atomic mass is 10.2. The number of nitrogen functional groups attached to an aromatic ring is 1. The molecule has 3 rings (SSSR count). The summed E-state index contributed by atoms with van der Waals surface area (Å²) in [5.41, 5.74) is 8.73. The van der Waals surface area contributed by atoms with Crippen LogP contribution in [0, 0.1) is 6.92 Å². The van der Waals surface area contributed by atoms with E-state index in [1.807, 2.05) is 26.0 Å². The second kappa shape index (κ2) is 5.01. The molecule has 0 unspecified atom stereocenters. The lowest BCUT2D eigenvalue weighted by Gasteiger charge is -2.06. The fraction of sp³-hybridized carbons (Fsp3) is 0.286. The number of aryl methyl sites for hydroxylation is 2. The van der Waals surface area contributed by atoms with Crippen molar-refractivity contribution in [3.8, 4) is 6.01 Å². The number of anilines is 1. The minimum absolute atomic E-state index is 0.125. The van der Waals surface area contributed by atoms with Crippen LogP contribution in [0.25, 0.3) is 11.2 Å². The van der Waals surface area contributed by atoms with E-state index >= 15 is 0 Å². The zero-order valence-electron chi connectivity index (χ0n) is 11.9. The number of rotatable bonds is 3. The third kappa shape index (κ3) is 2.37. The van der Waals surface area contributed by atoms with E-state index in [0.29, 0.717) is 30.0 Å². The van der Waals surface area contributed by atoms with Gasteiger partial charge in [0.25, 0.3) is 6.01 Å². The van der Waals surface area contributed by atoms with Crippen molar-refractivity contribution in [3.05, 3.63) is 35.4 Å². The normalized spacial score (nSPS) is 11.1. The van der Waals surface area contributed by atoms with Gasteiger partial charge < -0.3 is 10.8 Å². The molecule has 0 fully saturated rings. The molecule has 3 aromatic rings. The molecule has 21 heavy (non-hydrogen) atoms. The van der Waals surface area contributed by atoms with E-state index in [1.54, 1.807) is 10.8 Å². The van der Waals surface area contributed by atoms with Gasteiger partial charge in [0.2, 0.25) is 0 Å². The van der Waals surface area contributed by atoms with Crippen molar-refractivity contribution in [2.75, 3.05) is 5.73 Å². The van der Waals surface area contributed by atoms with Crippen LogP contribution in [0.1, 0.15) is 24.0 Å². The molecule has 0 saturated heterocycles. The molecule has 0 aliphatic heterocycles. The van der Waals surface area contributed by atoms with E-state index in [-0.39, 0.29) is 11.8 Å². The van der Waals surface area contributed by atoms with Gasteiger partial charge in [-0.05, 0) is 18.6 Å². The Hall–Kier alpha value is -2.70. The summed E-state index contributed by atoms with van der Waals surface area (Å²) < 4.78 is 1.61. The molecule has 0 saturated carbocycles. The van der Waals surface area contributed by atoms with Gasteiger partial charge in [-0.25, -0.2) is 9.97 Å². The fourth-order valence-corrected chi connectivity index (χ4v) is 2.14. The Bertz CT molecular complexity index is 793. The molecule has 0 amide bonds. The SMILES string of the molecule is CCc1nc(N)c2nc(O)n(Cc3ccc(C)nc3)c2n1. The zero-order chi connectivity index (χ0) is 15.0. The maximum atomic E-state index is 10.0. The second-order valence-corrected chi connectivity index (χ2v) is 4.86. The first kappa shape index (κ1) is 13.3. The Kier molecular flexibility index (Phi) is 3.17. The van der Waals surface area contributed by atoms with Gasteiger partial charge in [0.1, 0.15) is 5.82 Å². The first-order valence-electron chi connectivity index (χ1n) is 6.71. The number of fused-ring (bicyclic) bond motifs is 1. The molecule has 0 aromatic carbocycles. The van der Waals surface area contributed by atoms with Crippen molar-refractivity contribution in [3.63, 3.8) is 0 Å². The van der Waals surface area contributed by atoms with Gasteiger partial charge >= 0.3 is 0 Å². The average Bonchev–Trinajstić information content (AvgIpc) is 2.78. The van der Waals surface area contributed by atoms with Crippen molar-refractivity contribution in [1.29, 1.82) is 0 Å². The monoisotopic (exact) mass is 284 g/mol. The highest BCUT2D eigenvalue weighted by Crippen LogP contribution is 2.23. The number of aromatic nitrogens is 5. The van der Waals surface area contributed by atoms with E-state index < -0.39 is 0 Å². The molecule has 108 valence electrons. The molecule has 3 heterocycles. The van der Waals surface area contributed by atoms with Crippen molar-refractivity contribution in [1.82, 2.24) is 24.5 Å². The maximum absolute atomic E-state index is 10.0. The first-order chi connectivity index (χ1) is 10.1. The predicted molar refractivity (Wildman–Crippen MR) is 78.9 cm³/mol. The Morgan fingerprint density at radius 3 is 2.71 bits per heavy atom. The standard InChI is InChI=1S/C14H16N6O/c1-3-10-17-12(15)11-13(18-10)20(14(21)19-11)7-9-5-4-8(2)16-6-9/h4-6H,3,7H2,1-2H3,(H,19,21)(H2,15,17,18). The van der Waals surface area contributed by atoms with Crippen molar-refractivity contribution >= 4 is 17.0 Å². The summed E-state index contributed by atoms with van der Waals surface area (Å²) in [5, 5.41) is 10.0. The Balaban J connectivity index is 2.10. The summed E-state index contributed by atoms with van der Waals surface area (Å²) >= 11 is 0. The van der Waals surface area contributed by atoms with Crippen molar-refractivity contribution in [2.24, 2.45) is 0 Å². The quantitative estimate of drug-likeness (QED) is 0.754. The maximum Gasteiger partial charge on any atom is 0.296 e. The largest absolute Gasteiger partial charge is 0.480 e. The van der Waals surface area contributed by atoms with Crippen molar-refractivity contribution in [2.45, 2.75) is 26.8 Å².